The van der Waals surface area contributed by atoms with Gasteiger partial charge in [-0.15, -0.1) is 0 Å². The summed E-state index contributed by atoms with van der Waals surface area (Å²) in [5, 5.41) is 23.0. The number of alkyl halides is 3. The van der Waals surface area contributed by atoms with Gasteiger partial charge < -0.3 is 24.8 Å². The van der Waals surface area contributed by atoms with Gasteiger partial charge in [0.25, 0.3) is 11.5 Å². The molecule has 4 heterocycles. The maximum Gasteiger partial charge on any atom is 0.423 e. The van der Waals surface area contributed by atoms with Crippen molar-refractivity contribution in [3.05, 3.63) is 61.1 Å². The van der Waals surface area contributed by atoms with Crippen molar-refractivity contribution in [2.75, 3.05) is 0 Å². The molecular weight excluding hydrogens is 562 g/mol. The van der Waals surface area contributed by atoms with Crippen LogP contribution in [-0.4, -0.2) is 43.9 Å². The number of carbonyl (C=O) groups is 2. The molecule has 0 unspecified atom stereocenters. The summed E-state index contributed by atoms with van der Waals surface area (Å²) in [7, 11) is 0. The van der Waals surface area contributed by atoms with Crippen molar-refractivity contribution >= 4 is 34.4 Å². The van der Waals surface area contributed by atoms with Gasteiger partial charge >= 0.3 is 12.1 Å². The second-order valence-corrected chi connectivity index (χ2v) is 10.4. The average Bonchev–Trinajstić information content (AvgIpc) is 3.27. The summed E-state index contributed by atoms with van der Waals surface area (Å²) in [5.74, 6) is -3.36. The van der Waals surface area contributed by atoms with Crippen LogP contribution in [0.15, 0.2) is 16.9 Å². The van der Waals surface area contributed by atoms with Gasteiger partial charge in [0, 0.05) is 22.6 Å². The molecule has 0 saturated heterocycles. The van der Waals surface area contributed by atoms with E-state index < -0.39 is 47.2 Å². The Morgan fingerprint density at radius 3 is 2.70 bits per heavy atom. The van der Waals surface area contributed by atoms with Crippen LogP contribution in [-0.2, 0) is 39.5 Å². The number of aromatic nitrogens is 2. The second kappa shape index (κ2) is 8.72. The van der Waals surface area contributed by atoms with Gasteiger partial charge in [0.1, 0.15) is 12.4 Å². The van der Waals surface area contributed by atoms with E-state index in [-0.39, 0.29) is 65.5 Å². The number of carbonyl (C=O) groups excluding carboxylic acids is 2. The predicted octanol–water partition coefficient (Wildman–Crippen LogP) is 2.90. The Kier molecular flexibility index (Phi) is 5.81. The Hall–Kier alpha value is -3.55. The van der Waals surface area contributed by atoms with E-state index in [1.165, 1.54) is 10.6 Å². The van der Waals surface area contributed by atoms with Gasteiger partial charge in [0.15, 0.2) is 5.60 Å². The zero-order valence-electron chi connectivity index (χ0n) is 20.7. The highest BCUT2D eigenvalue weighted by atomic mass is 35.5. The molecule has 1 aromatic carbocycles. The van der Waals surface area contributed by atoms with Gasteiger partial charge in [-0.2, -0.15) is 13.2 Å². The van der Waals surface area contributed by atoms with Crippen molar-refractivity contribution in [3.63, 3.8) is 0 Å². The third-order valence-electron chi connectivity index (χ3n) is 7.92. The number of aliphatic hydroxyl groups is 2. The van der Waals surface area contributed by atoms with E-state index in [1.54, 1.807) is 6.92 Å². The molecule has 1 aliphatic carbocycles. The van der Waals surface area contributed by atoms with Crippen LogP contribution >= 0.6 is 11.6 Å². The van der Waals surface area contributed by atoms with Crippen LogP contribution in [0.1, 0.15) is 53.6 Å². The molecule has 3 aliphatic rings. The van der Waals surface area contributed by atoms with Crippen LogP contribution < -0.4 is 10.9 Å². The summed E-state index contributed by atoms with van der Waals surface area (Å²) in [5.41, 5.74) is -1.08. The summed E-state index contributed by atoms with van der Waals surface area (Å²) in [6.45, 7) is 1.06. The first-order chi connectivity index (χ1) is 18.8. The number of benzene rings is 1. The number of fused-ring (bicyclic) bond motifs is 5. The fraction of sp³-hybridized carbons (Fsp3) is 0.385. The van der Waals surface area contributed by atoms with Crippen molar-refractivity contribution in [1.29, 1.82) is 0 Å². The lowest BCUT2D eigenvalue weighted by Gasteiger charge is -2.31. The fourth-order valence-electron chi connectivity index (χ4n) is 5.90. The largest absolute Gasteiger partial charge is 0.458 e. The molecule has 1 amide bonds. The molecule has 0 saturated carbocycles. The van der Waals surface area contributed by atoms with Gasteiger partial charge in [-0.1, -0.05) is 18.5 Å². The van der Waals surface area contributed by atoms with Gasteiger partial charge in [-0.3, -0.25) is 9.59 Å². The van der Waals surface area contributed by atoms with Crippen LogP contribution in [0.25, 0.3) is 22.3 Å². The molecule has 0 fully saturated rings. The van der Waals surface area contributed by atoms with Gasteiger partial charge in [0.2, 0.25) is 6.10 Å². The highest BCUT2D eigenvalue weighted by Crippen LogP contribution is 2.46. The average molecular weight is 582 g/mol. The monoisotopic (exact) mass is 581 g/mol. The molecule has 2 aliphatic heterocycles. The van der Waals surface area contributed by atoms with Crippen molar-refractivity contribution in [2.45, 2.75) is 63.3 Å². The smallest absolute Gasteiger partial charge is 0.423 e. The molecule has 3 N–H and O–H groups in total. The van der Waals surface area contributed by atoms with E-state index >= 15 is 0 Å². The van der Waals surface area contributed by atoms with Crippen LogP contribution in [0.4, 0.5) is 17.6 Å². The summed E-state index contributed by atoms with van der Waals surface area (Å²) in [4.78, 5) is 42.9. The van der Waals surface area contributed by atoms with E-state index in [2.05, 4.69) is 10.3 Å². The number of halogens is 5. The maximum atomic E-state index is 14.8. The minimum Gasteiger partial charge on any atom is -0.458 e. The molecule has 3 aromatic rings. The first-order valence-corrected chi connectivity index (χ1v) is 12.7. The molecule has 6 rings (SSSR count). The number of nitrogens with one attached hydrogen (secondary N) is 1. The van der Waals surface area contributed by atoms with Crippen LogP contribution in [0.3, 0.4) is 0 Å². The third-order valence-corrected chi connectivity index (χ3v) is 8.33. The Bertz CT molecular complexity index is 1720. The number of ether oxygens (including phenoxy) is 1. The third kappa shape index (κ3) is 3.60. The lowest BCUT2D eigenvalue weighted by molar-refractivity contribution is -0.205. The van der Waals surface area contributed by atoms with Crippen molar-refractivity contribution in [2.24, 2.45) is 0 Å². The maximum absolute atomic E-state index is 14.8. The zero-order chi connectivity index (χ0) is 28.9. The quantitative estimate of drug-likeness (QED) is 0.250. The second-order valence-electron chi connectivity index (χ2n) is 10.0. The highest BCUT2D eigenvalue weighted by molar-refractivity contribution is 6.32. The molecule has 2 aromatic heterocycles. The van der Waals surface area contributed by atoms with E-state index in [0.717, 1.165) is 6.07 Å². The number of hydrogen-bond acceptors (Lipinski definition) is 7. The van der Waals surface area contributed by atoms with Crippen molar-refractivity contribution < 1.29 is 42.1 Å². The van der Waals surface area contributed by atoms with Crippen LogP contribution in [0.5, 0.6) is 0 Å². The number of nitrogens with zero attached hydrogens (tertiary/aromatic N) is 2. The molecular formula is C26H20ClF4N3O6. The molecule has 14 heteroatoms. The zero-order valence-corrected chi connectivity index (χ0v) is 21.4. The Morgan fingerprint density at radius 2 is 2.02 bits per heavy atom. The van der Waals surface area contributed by atoms with Crippen molar-refractivity contribution in [3.8, 4) is 11.4 Å². The van der Waals surface area contributed by atoms with Gasteiger partial charge in [-0.05, 0) is 36.5 Å². The minimum atomic E-state index is -5.20. The Labute approximate surface area is 227 Å². The molecule has 0 radical (unpaired) electrons. The SMILES string of the molecule is CC[C@@]1(O)C(=O)OCc2c1cc1n(c2=O)Cc2c-1nc1cc(F)c(Cl)c3c1c2[C@@H](NC(=O)[C@@H](O)C(F)(F)F)CC3. The number of esters is 1. The van der Waals surface area contributed by atoms with Crippen LogP contribution in [0.2, 0.25) is 5.02 Å². The van der Waals surface area contributed by atoms with E-state index in [9.17, 15) is 42.2 Å². The van der Waals surface area contributed by atoms with Crippen LogP contribution in [0, 0.1) is 5.82 Å². The van der Waals surface area contributed by atoms with E-state index in [4.69, 9.17) is 16.3 Å². The number of pyridine rings is 2. The molecule has 40 heavy (non-hydrogen) atoms. The predicted molar refractivity (Wildman–Crippen MR) is 131 cm³/mol. The van der Waals surface area contributed by atoms with Crippen molar-refractivity contribution in [1.82, 2.24) is 14.9 Å². The number of rotatable bonds is 3. The molecule has 3 atom stereocenters. The Balaban J connectivity index is 1.60. The normalized spacial score (nSPS) is 21.9. The lowest BCUT2D eigenvalue weighted by atomic mass is 9.83. The lowest BCUT2D eigenvalue weighted by Crippen LogP contribution is -2.45. The standard InChI is InChI=1S/C26H20ClF4N3O6/c1-2-25(39)12-5-16-20-10(7-34(16)23(37)11(12)8-40-24(25)38)18-14(33-22(36)21(35)26(29,30)31)4-3-9-17(18)15(32-20)6-13(28)19(9)27/h5-6,14,21,35,39H,2-4,7-8H2,1H3,(H,33,36)/t14-,21+,25-/m0/s1. The first-order valence-electron chi connectivity index (χ1n) is 12.3. The molecule has 0 spiro atoms. The fourth-order valence-corrected chi connectivity index (χ4v) is 6.14. The number of aliphatic hydroxyl groups excluding tert-OH is 1. The van der Waals surface area contributed by atoms with Gasteiger partial charge in [-0.25, -0.2) is 14.2 Å². The minimum absolute atomic E-state index is 0.0255. The molecule has 210 valence electrons. The summed E-state index contributed by atoms with van der Waals surface area (Å²) in [6, 6.07) is 1.43. The Morgan fingerprint density at radius 1 is 1.30 bits per heavy atom. The number of aryl methyl sites for hydroxylation is 1. The summed E-state index contributed by atoms with van der Waals surface area (Å²) >= 11 is 6.25. The molecule has 9 nitrogen and oxygen atoms in total. The number of amides is 1. The van der Waals surface area contributed by atoms with E-state index in [0.29, 0.717) is 22.1 Å². The summed E-state index contributed by atoms with van der Waals surface area (Å²) in [6.07, 6.45) is -8.44. The van der Waals surface area contributed by atoms with E-state index in [1.807, 2.05) is 0 Å². The summed E-state index contributed by atoms with van der Waals surface area (Å²) < 4.78 is 60.3. The van der Waals surface area contributed by atoms with Gasteiger partial charge in [0.05, 0.1) is 40.1 Å². The number of cyclic esters (lactones) is 1. The number of hydrogen-bond donors (Lipinski definition) is 3. The molecule has 0 bridgehead atoms. The topological polar surface area (TPSA) is 131 Å². The highest BCUT2D eigenvalue weighted by Gasteiger charge is 2.47. The first kappa shape index (κ1) is 26.7.